The van der Waals surface area contributed by atoms with E-state index >= 15 is 0 Å². The third-order valence-corrected chi connectivity index (χ3v) is 1.70. The Hall–Kier alpha value is -1.03. The number of methoxy groups -OCH3 is 1. The van der Waals surface area contributed by atoms with Crippen LogP contribution in [-0.4, -0.2) is 18.2 Å². The van der Waals surface area contributed by atoms with Gasteiger partial charge in [0.2, 0.25) is 0 Å². The summed E-state index contributed by atoms with van der Waals surface area (Å²) in [5.74, 6) is 0.101. The number of alkyl halides is 1. The summed E-state index contributed by atoms with van der Waals surface area (Å²) in [5, 5.41) is 3.60. The van der Waals surface area contributed by atoms with E-state index in [1.165, 1.54) is 7.11 Å². The van der Waals surface area contributed by atoms with Crippen LogP contribution in [0.1, 0.15) is 21.8 Å². The molecular formula is C7H8ClNO3. The van der Waals surface area contributed by atoms with Crippen molar-refractivity contribution in [3.05, 3.63) is 17.0 Å². The zero-order chi connectivity index (χ0) is 9.14. The molecule has 0 aliphatic carbocycles. The molecule has 1 aromatic rings. The highest BCUT2D eigenvalue weighted by atomic mass is 35.5. The van der Waals surface area contributed by atoms with Crippen molar-refractivity contribution in [1.82, 2.24) is 5.16 Å². The largest absolute Gasteiger partial charge is 0.465 e. The van der Waals surface area contributed by atoms with Crippen molar-refractivity contribution in [2.45, 2.75) is 12.8 Å². The summed E-state index contributed by atoms with van der Waals surface area (Å²) in [7, 11) is 1.30. The molecule has 5 heteroatoms. The Morgan fingerprint density at radius 3 is 2.92 bits per heavy atom. The van der Waals surface area contributed by atoms with Gasteiger partial charge in [0.05, 0.1) is 13.0 Å². The second kappa shape index (κ2) is 3.58. The van der Waals surface area contributed by atoms with Gasteiger partial charge in [-0.15, -0.1) is 11.6 Å². The fourth-order valence-electron chi connectivity index (χ4n) is 0.873. The highest BCUT2D eigenvalue weighted by molar-refractivity contribution is 6.17. The van der Waals surface area contributed by atoms with Crippen LogP contribution in [0.3, 0.4) is 0 Å². The van der Waals surface area contributed by atoms with Gasteiger partial charge in [0.15, 0.2) is 0 Å². The number of hydrogen-bond acceptors (Lipinski definition) is 4. The van der Waals surface area contributed by atoms with Crippen LogP contribution in [0.4, 0.5) is 0 Å². The van der Waals surface area contributed by atoms with Crippen molar-refractivity contribution < 1.29 is 14.1 Å². The Kier molecular flexibility index (Phi) is 2.70. The lowest BCUT2D eigenvalue weighted by Gasteiger charge is -1.95. The molecule has 0 aliphatic rings. The Morgan fingerprint density at radius 1 is 1.75 bits per heavy atom. The number of hydrogen-bond donors (Lipinski definition) is 0. The lowest BCUT2D eigenvalue weighted by atomic mass is 10.2. The zero-order valence-corrected chi connectivity index (χ0v) is 7.51. The second-order valence-electron chi connectivity index (χ2n) is 2.19. The molecule has 4 nitrogen and oxygen atoms in total. The normalized spacial score (nSPS) is 9.92. The van der Waals surface area contributed by atoms with E-state index in [2.05, 4.69) is 9.89 Å². The molecule has 0 unspecified atom stereocenters. The van der Waals surface area contributed by atoms with Gasteiger partial charge in [0.1, 0.15) is 17.0 Å². The first-order valence-corrected chi connectivity index (χ1v) is 3.83. The van der Waals surface area contributed by atoms with Crippen molar-refractivity contribution in [2.24, 2.45) is 0 Å². The van der Waals surface area contributed by atoms with Crippen LogP contribution in [0, 0.1) is 6.92 Å². The van der Waals surface area contributed by atoms with Gasteiger partial charge in [-0.3, -0.25) is 0 Å². The van der Waals surface area contributed by atoms with Crippen LogP contribution in [0.5, 0.6) is 0 Å². The standard InChI is InChI=1S/C7H8ClNO3/c1-4-6(7(10)11-2)5(3-8)9-12-4/h3H2,1-2H3. The predicted octanol–water partition coefficient (Wildman–Crippen LogP) is 1.51. The van der Waals surface area contributed by atoms with Gasteiger partial charge in [0, 0.05) is 0 Å². The number of aryl methyl sites for hydroxylation is 1. The summed E-state index contributed by atoms with van der Waals surface area (Å²) >= 11 is 5.52. The van der Waals surface area contributed by atoms with Crippen LogP contribution in [0.2, 0.25) is 0 Å². The van der Waals surface area contributed by atoms with Gasteiger partial charge in [-0.25, -0.2) is 4.79 Å². The van der Waals surface area contributed by atoms with Crippen molar-refractivity contribution in [3.63, 3.8) is 0 Å². The summed E-state index contributed by atoms with van der Waals surface area (Å²) < 4.78 is 9.29. The number of nitrogens with zero attached hydrogens (tertiary/aromatic N) is 1. The van der Waals surface area contributed by atoms with Gasteiger partial charge in [-0.05, 0) is 6.92 Å². The van der Waals surface area contributed by atoms with Crippen molar-refractivity contribution in [3.8, 4) is 0 Å². The summed E-state index contributed by atoms with van der Waals surface area (Å²) in [4.78, 5) is 11.1. The molecule has 0 aromatic carbocycles. The maximum Gasteiger partial charge on any atom is 0.343 e. The molecule has 66 valence electrons. The first kappa shape index (κ1) is 9.06. The quantitative estimate of drug-likeness (QED) is 0.523. The maximum atomic E-state index is 11.1. The first-order chi connectivity index (χ1) is 5.70. The molecule has 0 radical (unpaired) electrons. The molecule has 0 bridgehead atoms. The number of aromatic nitrogens is 1. The van der Waals surface area contributed by atoms with Crippen LogP contribution in [-0.2, 0) is 10.6 Å². The average Bonchev–Trinajstić information content (AvgIpc) is 2.45. The Labute approximate surface area is 74.4 Å². The molecule has 0 aliphatic heterocycles. The van der Waals surface area contributed by atoms with Crippen molar-refractivity contribution >= 4 is 17.6 Å². The molecule has 0 amide bonds. The third-order valence-electron chi connectivity index (χ3n) is 1.45. The summed E-state index contributed by atoms with van der Waals surface area (Å²) in [5.41, 5.74) is 0.744. The molecule has 0 spiro atoms. The monoisotopic (exact) mass is 189 g/mol. The maximum absolute atomic E-state index is 11.1. The van der Waals surface area contributed by atoms with Gasteiger partial charge in [-0.2, -0.15) is 0 Å². The third kappa shape index (κ3) is 1.43. The molecule has 1 heterocycles. The van der Waals surface area contributed by atoms with Crippen molar-refractivity contribution in [1.29, 1.82) is 0 Å². The van der Waals surface area contributed by atoms with E-state index in [0.29, 0.717) is 17.0 Å². The first-order valence-electron chi connectivity index (χ1n) is 3.30. The highest BCUT2D eigenvalue weighted by Gasteiger charge is 2.19. The van der Waals surface area contributed by atoms with Gasteiger partial charge >= 0.3 is 5.97 Å². The van der Waals surface area contributed by atoms with E-state index in [0.717, 1.165) is 0 Å². The summed E-state index contributed by atoms with van der Waals surface area (Å²) in [6.07, 6.45) is 0. The zero-order valence-electron chi connectivity index (χ0n) is 6.76. The Bertz CT molecular complexity index is 295. The molecule has 0 N–H and O–H groups in total. The highest BCUT2D eigenvalue weighted by Crippen LogP contribution is 2.15. The minimum absolute atomic E-state index is 0.141. The summed E-state index contributed by atoms with van der Waals surface area (Å²) in [6.45, 7) is 1.63. The van der Waals surface area contributed by atoms with Crippen LogP contribution in [0.15, 0.2) is 4.52 Å². The van der Waals surface area contributed by atoms with E-state index in [1.54, 1.807) is 6.92 Å². The second-order valence-corrected chi connectivity index (χ2v) is 2.45. The fourth-order valence-corrected chi connectivity index (χ4v) is 1.06. The van der Waals surface area contributed by atoms with Crippen molar-refractivity contribution in [2.75, 3.05) is 7.11 Å². The lowest BCUT2D eigenvalue weighted by molar-refractivity contribution is 0.0598. The molecule has 0 atom stereocenters. The van der Waals surface area contributed by atoms with E-state index in [9.17, 15) is 4.79 Å². The Balaban J connectivity index is 3.10. The van der Waals surface area contributed by atoms with E-state index in [1.807, 2.05) is 0 Å². The minimum Gasteiger partial charge on any atom is -0.465 e. The van der Waals surface area contributed by atoms with Gasteiger partial charge in [-0.1, -0.05) is 5.16 Å². The fraction of sp³-hybridized carbons (Fsp3) is 0.429. The number of rotatable bonds is 2. The number of ether oxygens (including phenoxy) is 1. The smallest absolute Gasteiger partial charge is 0.343 e. The van der Waals surface area contributed by atoms with E-state index in [4.69, 9.17) is 16.1 Å². The van der Waals surface area contributed by atoms with Gasteiger partial charge in [0.25, 0.3) is 0 Å². The molecule has 0 fully saturated rings. The molecule has 12 heavy (non-hydrogen) atoms. The van der Waals surface area contributed by atoms with Gasteiger partial charge < -0.3 is 9.26 Å². The molecule has 1 rings (SSSR count). The number of carbonyl (C=O) groups excluding carboxylic acids is 1. The topological polar surface area (TPSA) is 52.3 Å². The lowest BCUT2D eigenvalue weighted by Crippen LogP contribution is -2.04. The SMILES string of the molecule is COC(=O)c1c(CCl)noc1C. The van der Waals surface area contributed by atoms with Crippen LogP contribution in [0.25, 0.3) is 0 Å². The molecule has 1 aromatic heterocycles. The number of esters is 1. The van der Waals surface area contributed by atoms with Crippen LogP contribution >= 0.6 is 11.6 Å². The number of halogens is 1. The van der Waals surface area contributed by atoms with E-state index < -0.39 is 5.97 Å². The van der Waals surface area contributed by atoms with E-state index in [-0.39, 0.29) is 5.88 Å². The average molecular weight is 190 g/mol. The number of carbonyl (C=O) groups is 1. The minimum atomic E-state index is -0.468. The summed E-state index contributed by atoms with van der Waals surface area (Å²) in [6, 6.07) is 0. The predicted molar refractivity (Wildman–Crippen MR) is 42.1 cm³/mol. The Morgan fingerprint density at radius 2 is 2.42 bits per heavy atom. The molecular weight excluding hydrogens is 182 g/mol. The molecule has 0 saturated heterocycles. The molecule has 0 saturated carbocycles. The van der Waals surface area contributed by atoms with Crippen LogP contribution < -0.4 is 0 Å².